The van der Waals surface area contributed by atoms with E-state index in [2.05, 4.69) is 4.74 Å². The first-order chi connectivity index (χ1) is 10.2. The smallest absolute Gasteiger partial charge is 0.387 e. The SMILES string of the molecule is CC1CN(S(=O)(=O)c2ccc(OC(F)F)c(F)c2)CCC1N. The first-order valence-electron chi connectivity index (χ1n) is 6.72. The molecule has 1 saturated heterocycles. The highest BCUT2D eigenvalue weighted by Crippen LogP contribution is 2.27. The molecule has 124 valence electrons. The van der Waals surface area contributed by atoms with Crippen LogP contribution in [-0.2, 0) is 10.0 Å². The number of alkyl halides is 2. The van der Waals surface area contributed by atoms with E-state index in [0.29, 0.717) is 12.5 Å². The van der Waals surface area contributed by atoms with Crippen LogP contribution in [0.5, 0.6) is 5.75 Å². The van der Waals surface area contributed by atoms with Gasteiger partial charge in [-0.1, -0.05) is 6.92 Å². The molecular formula is C13H17F3N2O3S. The first kappa shape index (κ1) is 17.0. The van der Waals surface area contributed by atoms with Crippen molar-refractivity contribution in [1.82, 2.24) is 4.31 Å². The normalized spacial score (nSPS) is 23.7. The van der Waals surface area contributed by atoms with Crippen LogP contribution in [0.2, 0.25) is 0 Å². The fourth-order valence-electron chi connectivity index (χ4n) is 2.33. The van der Waals surface area contributed by atoms with E-state index >= 15 is 0 Å². The predicted octanol–water partition coefficient (Wildman–Crippen LogP) is 1.78. The highest BCUT2D eigenvalue weighted by molar-refractivity contribution is 7.89. The van der Waals surface area contributed by atoms with Crippen LogP contribution < -0.4 is 10.5 Å². The summed E-state index contributed by atoms with van der Waals surface area (Å²) in [6, 6.07) is 2.54. The summed E-state index contributed by atoms with van der Waals surface area (Å²) in [5, 5.41) is 0. The lowest BCUT2D eigenvalue weighted by Crippen LogP contribution is -2.48. The van der Waals surface area contributed by atoms with Gasteiger partial charge in [0, 0.05) is 19.1 Å². The van der Waals surface area contributed by atoms with Crippen molar-refractivity contribution in [2.45, 2.75) is 30.9 Å². The Balaban J connectivity index is 2.25. The lowest BCUT2D eigenvalue weighted by molar-refractivity contribution is -0.0522. The van der Waals surface area contributed by atoms with Gasteiger partial charge in [-0.15, -0.1) is 0 Å². The van der Waals surface area contributed by atoms with Crippen LogP contribution in [0.3, 0.4) is 0 Å². The summed E-state index contributed by atoms with van der Waals surface area (Å²) in [5.41, 5.74) is 5.84. The lowest BCUT2D eigenvalue weighted by Gasteiger charge is -2.34. The number of hydrogen-bond acceptors (Lipinski definition) is 4. The molecular weight excluding hydrogens is 321 g/mol. The number of sulfonamides is 1. The summed E-state index contributed by atoms with van der Waals surface area (Å²) < 4.78 is 67.9. The minimum atomic E-state index is -3.89. The van der Waals surface area contributed by atoms with Crippen LogP contribution in [-0.4, -0.2) is 38.5 Å². The number of ether oxygens (including phenoxy) is 1. The second-order valence-electron chi connectivity index (χ2n) is 5.26. The number of piperidine rings is 1. The maximum atomic E-state index is 13.7. The van der Waals surface area contributed by atoms with Gasteiger partial charge in [-0.05, 0) is 30.5 Å². The molecule has 0 radical (unpaired) electrons. The first-order valence-corrected chi connectivity index (χ1v) is 8.16. The van der Waals surface area contributed by atoms with Gasteiger partial charge in [0.25, 0.3) is 0 Å². The Morgan fingerprint density at radius 1 is 1.41 bits per heavy atom. The summed E-state index contributed by atoms with van der Waals surface area (Å²) in [6.07, 6.45) is 0.509. The second kappa shape index (κ2) is 6.43. The molecule has 2 atom stereocenters. The topological polar surface area (TPSA) is 72.6 Å². The molecule has 2 rings (SSSR count). The Morgan fingerprint density at radius 3 is 2.64 bits per heavy atom. The maximum Gasteiger partial charge on any atom is 0.387 e. The summed E-state index contributed by atoms with van der Waals surface area (Å²) in [4.78, 5) is -0.297. The average Bonchev–Trinajstić information content (AvgIpc) is 2.43. The Hall–Kier alpha value is -1.32. The molecule has 0 spiro atoms. The molecule has 1 aliphatic heterocycles. The van der Waals surface area contributed by atoms with E-state index in [1.807, 2.05) is 6.92 Å². The summed E-state index contributed by atoms with van der Waals surface area (Å²) in [7, 11) is -3.89. The predicted molar refractivity (Wildman–Crippen MR) is 73.5 cm³/mol. The molecule has 0 aromatic heterocycles. The molecule has 22 heavy (non-hydrogen) atoms. The molecule has 0 saturated carbocycles. The standard InChI is InChI=1S/C13H17F3N2O3S/c1-8-7-18(5-4-11(8)17)22(19,20)9-2-3-12(10(14)6-9)21-13(15)16/h2-3,6,8,11,13H,4-5,7,17H2,1H3. The third-order valence-corrected chi connectivity index (χ3v) is 5.55. The molecule has 2 unspecified atom stereocenters. The van der Waals surface area contributed by atoms with E-state index in [0.717, 1.165) is 12.1 Å². The van der Waals surface area contributed by atoms with E-state index in [-0.39, 0.29) is 29.9 Å². The van der Waals surface area contributed by atoms with Gasteiger partial charge in [0.2, 0.25) is 10.0 Å². The zero-order valence-corrected chi connectivity index (χ0v) is 12.7. The van der Waals surface area contributed by atoms with Gasteiger partial charge in [0.05, 0.1) is 4.90 Å². The van der Waals surface area contributed by atoms with Gasteiger partial charge in [0.1, 0.15) is 0 Å². The zero-order valence-electron chi connectivity index (χ0n) is 11.9. The van der Waals surface area contributed by atoms with E-state index < -0.39 is 28.2 Å². The largest absolute Gasteiger partial charge is 0.432 e. The highest BCUT2D eigenvalue weighted by atomic mass is 32.2. The van der Waals surface area contributed by atoms with Crippen molar-refractivity contribution in [2.24, 2.45) is 11.7 Å². The molecule has 9 heteroatoms. The summed E-state index contributed by atoms with van der Waals surface area (Å²) in [6.45, 7) is -0.862. The van der Waals surface area contributed by atoms with Crippen LogP contribution in [0.4, 0.5) is 13.2 Å². The molecule has 1 fully saturated rings. The quantitative estimate of drug-likeness (QED) is 0.908. The third kappa shape index (κ3) is 3.53. The molecule has 1 aromatic rings. The minimum absolute atomic E-state index is 0.0187. The van der Waals surface area contributed by atoms with Gasteiger partial charge in [-0.2, -0.15) is 13.1 Å². The second-order valence-corrected chi connectivity index (χ2v) is 7.20. The molecule has 0 amide bonds. The maximum absolute atomic E-state index is 13.7. The van der Waals surface area contributed by atoms with Crippen molar-refractivity contribution >= 4 is 10.0 Å². The molecule has 2 N–H and O–H groups in total. The Morgan fingerprint density at radius 2 is 2.09 bits per heavy atom. The average molecular weight is 338 g/mol. The van der Waals surface area contributed by atoms with Gasteiger partial charge in [0.15, 0.2) is 11.6 Å². The fraction of sp³-hybridized carbons (Fsp3) is 0.538. The van der Waals surface area contributed by atoms with Crippen molar-refractivity contribution in [3.05, 3.63) is 24.0 Å². The molecule has 1 heterocycles. The van der Waals surface area contributed by atoms with Crippen LogP contribution in [0.25, 0.3) is 0 Å². The van der Waals surface area contributed by atoms with Crippen LogP contribution in [0.15, 0.2) is 23.1 Å². The number of hydrogen-bond donors (Lipinski definition) is 1. The van der Waals surface area contributed by atoms with Crippen molar-refractivity contribution < 1.29 is 26.3 Å². The van der Waals surface area contributed by atoms with E-state index in [1.54, 1.807) is 0 Å². The zero-order chi connectivity index (χ0) is 16.5. The fourth-order valence-corrected chi connectivity index (χ4v) is 3.89. The number of rotatable bonds is 4. The Kier molecular flexibility index (Phi) is 4.98. The number of nitrogens with two attached hydrogens (primary N) is 1. The monoisotopic (exact) mass is 338 g/mol. The molecule has 0 bridgehead atoms. The van der Waals surface area contributed by atoms with Crippen LogP contribution in [0.1, 0.15) is 13.3 Å². The van der Waals surface area contributed by atoms with Gasteiger partial charge < -0.3 is 10.5 Å². The highest BCUT2D eigenvalue weighted by Gasteiger charge is 2.32. The minimum Gasteiger partial charge on any atom is -0.432 e. The summed E-state index contributed by atoms with van der Waals surface area (Å²) >= 11 is 0. The van der Waals surface area contributed by atoms with Crippen LogP contribution in [0, 0.1) is 11.7 Å². The lowest BCUT2D eigenvalue weighted by atomic mass is 9.96. The number of halogens is 3. The summed E-state index contributed by atoms with van der Waals surface area (Å²) in [5.74, 6) is -1.86. The van der Waals surface area contributed by atoms with Crippen molar-refractivity contribution in [3.63, 3.8) is 0 Å². The van der Waals surface area contributed by atoms with Gasteiger partial charge in [-0.3, -0.25) is 0 Å². The molecule has 5 nitrogen and oxygen atoms in total. The van der Waals surface area contributed by atoms with Gasteiger partial charge in [-0.25, -0.2) is 12.8 Å². The molecule has 1 aliphatic rings. The van der Waals surface area contributed by atoms with E-state index in [4.69, 9.17) is 5.73 Å². The van der Waals surface area contributed by atoms with Gasteiger partial charge >= 0.3 is 6.61 Å². The Bertz CT molecular complexity index is 639. The van der Waals surface area contributed by atoms with Crippen LogP contribution >= 0.6 is 0 Å². The van der Waals surface area contributed by atoms with E-state index in [9.17, 15) is 21.6 Å². The number of benzene rings is 1. The Labute approximate surface area is 126 Å². The van der Waals surface area contributed by atoms with Crippen molar-refractivity contribution in [3.8, 4) is 5.75 Å². The van der Waals surface area contributed by atoms with Crippen molar-refractivity contribution in [2.75, 3.05) is 13.1 Å². The molecule has 0 aliphatic carbocycles. The van der Waals surface area contributed by atoms with E-state index in [1.165, 1.54) is 4.31 Å². The molecule has 1 aromatic carbocycles. The third-order valence-electron chi connectivity index (χ3n) is 3.69. The van der Waals surface area contributed by atoms with Crippen molar-refractivity contribution in [1.29, 1.82) is 0 Å². The number of nitrogens with zero attached hydrogens (tertiary/aromatic N) is 1.